The van der Waals surface area contributed by atoms with Crippen molar-refractivity contribution in [3.8, 4) is 5.75 Å². The first-order chi connectivity index (χ1) is 8.47. The number of likely N-dealkylation sites (tertiary alicyclic amines) is 1. The van der Waals surface area contributed by atoms with E-state index in [0.717, 1.165) is 13.1 Å². The first-order valence-corrected chi connectivity index (χ1v) is 5.77. The number of carboxylic acid groups (broad SMARTS) is 1. The normalized spacial score (nSPS) is 16.1. The van der Waals surface area contributed by atoms with Crippen molar-refractivity contribution in [2.75, 3.05) is 20.1 Å². The van der Waals surface area contributed by atoms with Gasteiger partial charge < -0.3 is 9.84 Å². The lowest BCUT2D eigenvalue weighted by Gasteiger charge is -2.36. The molecule has 0 amide bonds. The predicted octanol–water partition coefficient (Wildman–Crippen LogP) is 1.30. The van der Waals surface area contributed by atoms with Crippen LogP contribution in [-0.2, 0) is 4.79 Å². The third-order valence-electron chi connectivity index (χ3n) is 2.71. The summed E-state index contributed by atoms with van der Waals surface area (Å²) in [6.07, 6.45) is 0.0912. The third-order valence-corrected chi connectivity index (χ3v) is 3.01. The van der Waals surface area contributed by atoms with Gasteiger partial charge in [-0.1, -0.05) is 11.6 Å². The molecule has 96 valence electrons. The highest BCUT2D eigenvalue weighted by Gasteiger charge is 2.26. The molecule has 1 aliphatic rings. The number of benzene rings is 1. The van der Waals surface area contributed by atoms with Crippen LogP contribution in [0.15, 0.2) is 18.2 Å². The summed E-state index contributed by atoms with van der Waals surface area (Å²) in [5, 5.41) is 8.83. The smallest absolute Gasteiger partial charge is 0.377 e. The van der Waals surface area contributed by atoms with Crippen LogP contribution in [0.1, 0.15) is 10.4 Å². The van der Waals surface area contributed by atoms with E-state index in [1.165, 1.54) is 18.2 Å². The van der Waals surface area contributed by atoms with Crippen molar-refractivity contribution in [1.29, 1.82) is 0 Å². The van der Waals surface area contributed by atoms with Crippen molar-refractivity contribution in [2.24, 2.45) is 0 Å². The number of Topliss-reactive ketones (excluding diaryl/α,β-unsaturated/α-hetero) is 1. The fourth-order valence-electron chi connectivity index (χ4n) is 1.76. The Kier molecular flexibility index (Phi) is 3.54. The van der Waals surface area contributed by atoms with E-state index in [1.54, 1.807) is 0 Å². The molecule has 1 saturated heterocycles. The number of halogens is 1. The number of ketones is 1. The number of aliphatic carboxylic acids is 1. The van der Waals surface area contributed by atoms with E-state index in [2.05, 4.69) is 4.90 Å². The van der Waals surface area contributed by atoms with Gasteiger partial charge in [0.25, 0.3) is 5.78 Å². The molecule has 0 bridgehead atoms. The maximum atomic E-state index is 11.2. The largest absolute Gasteiger partial charge is 0.486 e. The number of hydrogen-bond acceptors (Lipinski definition) is 4. The van der Waals surface area contributed by atoms with Gasteiger partial charge in [0.1, 0.15) is 11.9 Å². The summed E-state index contributed by atoms with van der Waals surface area (Å²) in [6.45, 7) is 1.65. The van der Waals surface area contributed by atoms with Crippen LogP contribution >= 0.6 is 11.6 Å². The summed E-state index contributed by atoms with van der Waals surface area (Å²) in [5.41, 5.74) is 0.0468. The zero-order valence-corrected chi connectivity index (χ0v) is 10.5. The van der Waals surface area contributed by atoms with E-state index in [4.69, 9.17) is 21.4 Å². The fourth-order valence-corrected chi connectivity index (χ4v) is 1.98. The quantitative estimate of drug-likeness (QED) is 0.659. The average molecular weight is 270 g/mol. The van der Waals surface area contributed by atoms with Gasteiger partial charge >= 0.3 is 5.97 Å². The molecule has 18 heavy (non-hydrogen) atoms. The molecule has 2 rings (SSSR count). The molecule has 1 heterocycles. The van der Waals surface area contributed by atoms with E-state index in [-0.39, 0.29) is 16.7 Å². The van der Waals surface area contributed by atoms with Crippen LogP contribution < -0.4 is 4.74 Å². The zero-order valence-electron chi connectivity index (χ0n) is 9.72. The Balaban J connectivity index is 2.10. The summed E-state index contributed by atoms with van der Waals surface area (Å²) in [4.78, 5) is 23.9. The van der Waals surface area contributed by atoms with E-state index in [1.807, 2.05) is 7.05 Å². The Hall–Kier alpha value is -1.59. The lowest BCUT2D eigenvalue weighted by molar-refractivity contribution is -0.131. The Morgan fingerprint density at radius 2 is 2.11 bits per heavy atom. The summed E-state index contributed by atoms with van der Waals surface area (Å²) >= 11 is 5.96. The van der Waals surface area contributed by atoms with Crippen molar-refractivity contribution in [2.45, 2.75) is 6.10 Å². The van der Waals surface area contributed by atoms with Gasteiger partial charge in [-0.2, -0.15) is 0 Å². The molecule has 0 atom stereocenters. The average Bonchev–Trinajstić information content (AvgIpc) is 2.28. The van der Waals surface area contributed by atoms with Gasteiger partial charge in [0.15, 0.2) is 0 Å². The summed E-state index contributed by atoms with van der Waals surface area (Å²) < 4.78 is 5.61. The lowest BCUT2D eigenvalue weighted by Crippen LogP contribution is -2.51. The van der Waals surface area contributed by atoms with Gasteiger partial charge in [0.2, 0.25) is 0 Å². The minimum Gasteiger partial charge on any atom is -0.486 e. The molecular formula is C12H12ClNO4. The van der Waals surface area contributed by atoms with Crippen LogP contribution in [0.2, 0.25) is 5.02 Å². The maximum absolute atomic E-state index is 11.2. The minimum atomic E-state index is -1.50. The number of nitrogens with zero attached hydrogens (tertiary/aromatic N) is 1. The Bertz CT molecular complexity index is 497. The maximum Gasteiger partial charge on any atom is 0.377 e. The number of hydrogen-bond donors (Lipinski definition) is 1. The van der Waals surface area contributed by atoms with Crippen LogP contribution in [0.3, 0.4) is 0 Å². The molecule has 1 aromatic carbocycles. The molecule has 0 spiro atoms. The highest BCUT2D eigenvalue weighted by Crippen LogP contribution is 2.28. The second kappa shape index (κ2) is 4.96. The molecule has 1 fully saturated rings. The first-order valence-electron chi connectivity index (χ1n) is 5.39. The summed E-state index contributed by atoms with van der Waals surface area (Å²) in [6, 6.07) is 4.24. The molecule has 1 N–H and O–H groups in total. The van der Waals surface area contributed by atoms with E-state index < -0.39 is 11.8 Å². The van der Waals surface area contributed by atoms with E-state index in [9.17, 15) is 9.59 Å². The van der Waals surface area contributed by atoms with Crippen molar-refractivity contribution in [3.63, 3.8) is 0 Å². The van der Waals surface area contributed by atoms with Gasteiger partial charge in [-0.15, -0.1) is 0 Å². The second-order valence-corrected chi connectivity index (χ2v) is 4.65. The van der Waals surface area contributed by atoms with Crippen LogP contribution in [0, 0.1) is 0 Å². The first kappa shape index (κ1) is 12.9. The number of ether oxygens (including phenoxy) is 1. The molecule has 0 aromatic heterocycles. The molecule has 0 unspecified atom stereocenters. The molecule has 6 heteroatoms. The SMILES string of the molecule is CN1CC(Oc2ccc(C(=O)C(=O)O)cc2Cl)C1. The number of carboxylic acids is 1. The molecule has 5 nitrogen and oxygen atoms in total. The molecular weight excluding hydrogens is 258 g/mol. The van der Waals surface area contributed by atoms with Crippen LogP contribution in [0.25, 0.3) is 0 Å². The number of rotatable bonds is 4. The monoisotopic (exact) mass is 269 g/mol. The molecule has 0 radical (unpaired) electrons. The van der Waals surface area contributed by atoms with Crippen LogP contribution in [-0.4, -0.2) is 48.0 Å². The minimum absolute atomic E-state index is 0.0468. The standard InChI is InChI=1S/C12H12ClNO4/c1-14-5-8(6-14)18-10-3-2-7(4-9(10)13)11(15)12(16)17/h2-4,8H,5-6H2,1H3,(H,16,17). The van der Waals surface area contributed by atoms with Gasteiger partial charge in [0, 0.05) is 18.7 Å². The topological polar surface area (TPSA) is 66.8 Å². The lowest BCUT2D eigenvalue weighted by atomic mass is 10.1. The van der Waals surface area contributed by atoms with Crippen LogP contribution in [0.4, 0.5) is 0 Å². The Morgan fingerprint density at radius 1 is 1.44 bits per heavy atom. The van der Waals surface area contributed by atoms with Gasteiger partial charge in [-0.05, 0) is 25.2 Å². The number of likely N-dealkylation sites (N-methyl/N-ethyl adjacent to an activating group) is 1. The van der Waals surface area contributed by atoms with Gasteiger partial charge in [-0.3, -0.25) is 9.69 Å². The molecule has 1 aromatic rings. The Labute approximate surface area is 109 Å². The number of carbonyl (C=O) groups excluding carboxylic acids is 1. The Morgan fingerprint density at radius 3 is 2.61 bits per heavy atom. The summed E-state index contributed by atoms with van der Waals surface area (Å²) in [7, 11) is 1.98. The molecule has 0 aliphatic carbocycles. The van der Waals surface area contributed by atoms with Crippen molar-refractivity contribution >= 4 is 23.4 Å². The van der Waals surface area contributed by atoms with Crippen molar-refractivity contribution in [3.05, 3.63) is 28.8 Å². The third kappa shape index (κ3) is 2.63. The van der Waals surface area contributed by atoms with Gasteiger partial charge in [0.05, 0.1) is 5.02 Å². The second-order valence-electron chi connectivity index (χ2n) is 4.24. The van der Waals surface area contributed by atoms with Crippen molar-refractivity contribution < 1.29 is 19.4 Å². The summed E-state index contributed by atoms with van der Waals surface area (Å²) in [5.74, 6) is -2.01. The van der Waals surface area contributed by atoms with E-state index >= 15 is 0 Å². The molecule has 1 aliphatic heterocycles. The van der Waals surface area contributed by atoms with Crippen LogP contribution in [0.5, 0.6) is 5.75 Å². The molecule has 0 saturated carbocycles. The highest BCUT2D eigenvalue weighted by atomic mass is 35.5. The van der Waals surface area contributed by atoms with E-state index in [0.29, 0.717) is 5.75 Å². The van der Waals surface area contributed by atoms with Crippen molar-refractivity contribution in [1.82, 2.24) is 4.90 Å². The fraction of sp³-hybridized carbons (Fsp3) is 0.333. The number of carbonyl (C=O) groups is 2. The predicted molar refractivity (Wildman–Crippen MR) is 65.3 cm³/mol. The zero-order chi connectivity index (χ0) is 13.3. The highest BCUT2D eigenvalue weighted by molar-refractivity contribution is 6.40. The van der Waals surface area contributed by atoms with Gasteiger partial charge in [-0.25, -0.2) is 4.79 Å².